The fraction of sp³-hybridized carbons (Fsp3) is 0.300. The molecule has 0 saturated heterocycles. The van der Waals surface area contributed by atoms with E-state index in [1.54, 1.807) is 13.8 Å². The number of amides is 1. The average Bonchev–Trinajstić information content (AvgIpc) is 2.14. The summed E-state index contributed by atoms with van der Waals surface area (Å²) in [5.74, 6) is -1.39. The minimum absolute atomic E-state index is 0.175. The van der Waals surface area contributed by atoms with E-state index in [0.717, 1.165) is 6.07 Å². The minimum atomic E-state index is -3.98. The fourth-order valence-electron chi connectivity index (χ4n) is 1.40. The van der Waals surface area contributed by atoms with Crippen LogP contribution in [0.15, 0.2) is 17.0 Å². The molecular formula is C10H12ClNO4S. The SMILES string of the molecule is CC(C)c1cc(S(=O)(=O)Cl)cc(C(N)=O)c1O. The lowest BCUT2D eigenvalue weighted by Gasteiger charge is -2.12. The number of phenols is 1. The quantitative estimate of drug-likeness (QED) is 0.819. The van der Waals surface area contributed by atoms with Crippen molar-refractivity contribution in [1.82, 2.24) is 0 Å². The van der Waals surface area contributed by atoms with Crippen LogP contribution in [0.5, 0.6) is 5.75 Å². The highest BCUT2D eigenvalue weighted by molar-refractivity contribution is 8.13. The maximum Gasteiger partial charge on any atom is 0.261 e. The van der Waals surface area contributed by atoms with E-state index >= 15 is 0 Å². The van der Waals surface area contributed by atoms with Gasteiger partial charge in [0.15, 0.2) is 0 Å². The van der Waals surface area contributed by atoms with Crippen molar-refractivity contribution in [2.24, 2.45) is 5.73 Å². The second-order valence-electron chi connectivity index (χ2n) is 3.87. The first kappa shape index (κ1) is 13.8. The van der Waals surface area contributed by atoms with Crippen molar-refractivity contribution in [3.05, 3.63) is 23.3 Å². The third kappa shape index (κ3) is 2.89. The summed E-state index contributed by atoms with van der Waals surface area (Å²) in [6, 6.07) is 2.20. The summed E-state index contributed by atoms with van der Waals surface area (Å²) in [7, 11) is 1.22. The normalized spacial score (nSPS) is 11.8. The van der Waals surface area contributed by atoms with Crippen LogP contribution in [0.4, 0.5) is 0 Å². The second-order valence-corrected chi connectivity index (χ2v) is 6.43. The highest BCUT2D eigenvalue weighted by Gasteiger charge is 2.20. The first-order valence-electron chi connectivity index (χ1n) is 4.76. The van der Waals surface area contributed by atoms with Crippen molar-refractivity contribution in [2.45, 2.75) is 24.7 Å². The molecule has 17 heavy (non-hydrogen) atoms. The molecule has 0 heterocycles. The van der Waals surface area contributed by atoms with E-state index in [4.69, 9.17) is 16.4 Å². The number of carbonyl (C=O) groups is 1. The lowest BCUT2D eigenvalue weighted by Crippen LogP contribution is -2.13. The maximum atomic E-state index is 11.2. The zero-order chi connectivity index (χ0) is 13.4. The Morgan fingerprint density at radius 3 is 2.29 bits per heavy atom. The molecule has 7 heteroatoms. The van der Waals surface area contributed by atoms with Gasteiger partial charge in [-0.25, -0.2) is 8.42 Å². The van der Waals surface area contributed by atoms with E-state index < -0.39 is 15.0 Å². The molecule has 0 atom stereocenters. The number of aromatic hydroxyl groups is 1. The molecule has 0 bridgehead atoms. The standard InChI is InChI=1S/C10H12ClNO4S/c1-5(2)7-3-6(17(11,15)16)4-8(9(7)13)10(12)14/h3-5,13H,1-2H3,(H2,12,14). The molecule has 0 saturated carbocycles. The van der Waals surface area contributed by atoms with Gasteiger partial charge in [0.1, 0.15) is 5.75 Å². The van der Waals surface area contributed by atoms with Crippen LogP contribution in [0.25, 0.3) is 0 Å². The maximum absolute atomic E-state index is 11.2. The van der Waals surface area contributed by atoms with Gasteiger partial charge in [-0.05, 0) is 23.6 Å². The molecule has 0 aromatic heterocycles. The van der Waals surface area contributed by atoms with Crippen molar-refractivity contribution in [1.29, 1.82) is 0 Å². The molecule has 1 aromatic rings. The summed E-state index contributed by atoms with van der Waals surface area (Å²) in [5, 5.41) is 9.78. The first-order valence-corrected chi connectivity index (χ1v) is 7.07. The molecule has 0 fully saturated rings. The Morgan fingerprint density at radius 1 is 1.41 bits per heavy atom. The van der Waals surface area contributed by atoms with E-state index in [9.17, 15) is 18.3 Å². The van der Waals surface area contributed by atoms with Crippen LogP contribution in [0.2, 0.25) is 0 Å². The number of halogens is 1. The Kier molecular flexibility index (Phi) is 3.68. The molecule has 1 rings (SSSR count). The highest BCUT2D eigenvalue weighted by Crippen LogP contribution is 2.32. The minimum Gasteiger partial charge on any atom is -0.507 e. The summed E-state index contributed by atoms with van der Waals surface area (Å²) in [6.45, 7) is 3.48. The van der Waals surface area contributed by atoms with Gasteiger partial charge in [-0.1, -0.05) is 13.8 Å². The monoisotopic (exact) mass is 277 g/mol. The molecule has 0 aliphatic carbocycles. The summed E-state index contributed by atoms with van der Waals surface area (Å²) in [4.78, 5) is 10.8. The van der Waals surface area contributed by atoms with Crippen LogP contribution >= 0.6 is 10.7 Å². The third-order valence-corrected chi connectivity index (χ3v) is 3.62. The van der Waals surface area contributed by atoms with Crippen LogP contribution in [-0.4, -0.2) is 19.4 Å². The van der Waals surface area contributed by atoms with Crippen LogP contribution in [0.3, 0.4) is 0 Å². The number of nitrogens with two attached hydrogens (primary N) is 1. The van der Waals surface area contributed by atoms with Crippen molar-refractivity contribution in [3.63, 3.8) is 0 Å². The summed E-state index contributed by atoms with van der Waals surface area (Å²) < 4.78 is 22.5. The predicted molar refractivity (Wildman–Crippen MR) is 63.8 cm³/mol. The van der Waals surface area contributed by atoms with Gasteiger partial charge in [0.05, 0.1) is 10.5 Å². The molecule has 94 valence electrons. The van der Waals surface area contributed by atoms with Crippen LogP contribution < -0.4 is 5.73 Å². The van der Waals surface area contributed by atoms with Gasteiger partial charge in [0, 0.05) is 10.7 Å². The van der Waals surface area contributed by atoms with Crippen molar-refractivity contribution in [3.8, 4) is 5.75 Å². The van der Waals surface area contributed by atoms with Gasteiger partial charge in [-0.2, -0.15) is 0 Å². The molecule has 3 N–H and O–H groups in total. The Bertz CT molecular complexity index is 566. The van der Waals surface area contributed by atoms with Gasteiger partial charge < -0.3 is 10.8 Å². The lowest BCUT2D eigenvalue weighted by atomic mass is 9.99. The molecular weight excluding hydrogens is 266 g/mol. The van der Waals surface area contributed by atoms with E-state index in [2.05, 4.69) is 0 Å². The Hall–Kier alpha value is -1.27. The van der Waals surface area contributed by atoms with Crippen LogP contribution in [0, 0.1) is 0 Å². The van der Waals surface area contributed by atoms with Gasteiger partial charge in [-0.3, -0.25) is 4.79 Å². The number of benzene rings is 1. The Balaban J connectivity index is 3.65. The zero-order valence-corrected chi connectivity index (χ0v) is 10.8. The molecule has 0 spiro atoms. The summed E-state index contributed by atoms with van der Waals surface area (Å²) >= 11 is 0. The summed E-state index contributed by atoms with van der Waals surface area (Å²) in [5.41, 5.74) is 5.11. The van der Waals surface area contributed by atoms with E-state index in [1.165, 1.54) is 6.07 Å². The number of hydrogen-bond acceptors (Lipinski definition) is 4. The van der Waals surface area contributed by atoms with Gasteiger partial charge in [0.2, 0.25) is 0 Å². The smallest absolute Gasteiger partial charge is 0.261 e. The van der Waals surface area contributed by atoms with Crippen molar-refractivity contribution < 1.29 is 18.3 Å². The third-order valence-electron chi connectivity index (χ3n) is 2.28. The Morgan fingerprint density at radius 2 is 1.94 bits per heavy atom. The fourth-order valence-corrected chi connectivity index (χ4v) is 2.19. The molecule has 0 aliphatic heterocycles. The first-order chi connectivity index (χ1) is 7.64. The summed E-state index contributed by atoms with van der Waals surface area (Å²) in [6.07, 6.45) is 0. The lowest BCUT2D eigenvalue weighted by molar-refractivity contribution is 0.0997. The molecule has 0 aliphatic rings. The van der Waals surface area contributed by atoms with Gasteiger partial charge in [-0.15, -0.1) is 0 Å². The average molecular weight is 278 g/mol. The zero-order valence-electron chi connectivity index (χ0n) is 9.27. The van der Waals surface area contributed by atoms with Crippen LogP contribution in [-0.2, 0) is 9.05 Å². The van der Waals surface area contributed by atoms with Crippen molar-refractivity contribution in [2.75, 3.05) is 0 Å². The molecule has 0 radical (unpaired) electrons. The number of carbonyl (C=O) groups excluding carboxylic acids is 1. The van der Waals surface area contributed by atoms with E-state index in [-0.39, 0.29) is 22.1 Å². The van der Waals surface area contributed by atoms with Crippen molar-refractivity contribution >= 4 is 25.6 Å². The number of hydrogen-bond donors (Lipinski definition) is 2. The Labute approximate surface area is 104 Å². The second kappa shape index (κ2) is 4.54. The largest absolute Gasteiger partial charge is 0.507 e. The topological polar surface area (TPSA) is 97.5 Å². The molecule has 1 aromatic carbocycles. The highest BCUT2D eigenvalue weighted by atomic mass is 35.7. The van der Waals surface area contributed by atoms with Crippen LogP contribution in [0.1, 0.15) is 35.7 Å². The molecule has 1 amide bonds. The number of rotatable bonds is 3. The predicted octanol–water partition coefficient (Wildman–Crippen LogP) is 1.54. The van der Waals surface area contributed by atoms with Gasteiger partial charge in [0.25, 0.3) is 15.0 Å². The van der Waals surface area contributed by atoms with Gasteiger partial charge >= 0.3 is 0 Å². The van der Waals surface area contributed by atoms with E-state index in [1.807, 2.05) is 0 Å². The number of primary amides is 1. The van der Waals surface area contributed by atoms with E-state index in [0.29, 0.717) is 5.56 Å². The molecule has 5 nitrogen and oxygen atoms in total. The molecule has 0 unspecified atom stereocenters.